The number of aliphatic hydroxyl groups excluding tert-OH is 6. The lowest BCUT2D eigenvalue weighted by Crippen LogP contribution is -2.60. The van der Waals surface area contributed by atoms with Crippen molar-refractivity contribution in [1.29, 1.82) is 0 Å². The summed E-state index contributed by atoms with van der Waals surface area (Å²) in [6.07, 6.45) is -12.4. The van der Waals surface area contributed by atoms with Crippen LogP contribution in [0.5, 0.6) is 0 Å². The number of aldehydes is 1. The van der Waals surface area contributed by atoms with Crippen molar-refractivity contribution in [2.24, 2.45) is 0 Å². The smallest absolute Gasteiger partial charge is 0.187 e. The maximum absolute atomic E-state index is 10.6. The van der Waals surface area contributed by atoms with E-state index in [1.165, 1.54) is 0 Å². The normalized spacial score (nSPS) is 39.4. The van der Waals surface area contributed by atoms with Gasteiger partial charge in [0.25, 0.3) is 0 Å². The number of hydrogen-bond acceptors (Lipinski definition) is 12. The Morgan fingerprint density at radius 3 is 2.18 bits per heavy atom. The van der Waals surface area contributed by atoms with E-state index in [4.69, 9.17) is 19.3 Å². The molecule has 0 aromatic carbocycles. The fourth-order valence-electron chi connectivity index (χ4n) is 2.59. The molecule has 166 valence electrons. The SMILES string of the molecule is COC(C)OC.O=C[C@H](O)[C@H]1OC[C@@H](O)[C@@H]1OC1O[C@H](CO)[C@H](O)[C@H](O)[C@H]1O. The second kappa shape index (κ2) is 12.0. The minimum atomic E-state index is -1.65. The highest BCUT2D eigenvalue weighted by atomic mass is 16.7. The van der Waals surface area contributed by atoms with Crippen LogP contribution in [0.4, 0.5) is 0 Å². The third kappa shape index (κ3) is 6.37. The highest BCUT2D eigenvalue weighted by Crippen LogP contribution is 2.27. The minimum Gasteiger partial charge on any atom is -0.394 e. The van der Waals surface area contributed by atoms with Gasteiger partial charge in [0.2, 0.25) is 0 Å². The summed E-state index contributed by atoms with van der Waals surface area (Å²) in [5.41, 5.74) is 0. The Bertz CT molecular complexity index is 445. The van der Waals surface area contributed by atoms with E-state index in [0.717, 1.165) is 0 Å². The average Bonchev–Trinajstić information content (AvgIpc) is 3.07. The molecule has 0 radical (unpaired) electrons. The van der Waals surface area contributed by atoms with Crippen LogP contribution in [0.15, 0.2) is 0 Å². The zero-order valence-corrected chi connectivity index (χ0v) is 15.9. The largest absolute Gasteiger partial charge is 0.394 e. The van der Waals surface area contributed by atoms with Crippen LogP contribution in [0.2, 0.25) is 0 Å². The summed E-state index contributed by atoms with van der Waals surface area (Å²) in [5.74, 6) is 0. The van der Waals surface area contributed by atoms with E-state index >= 15 is 0 Å². The molecule has 2 rings (SSSR count). The summed E-state index contributed by atoms with van der Waals surface area (Å²) in [6, 6.07) is 0. The molecule has 28 heavy (non-hydrogen) atoms. The lowest BCUT2D eigenvalue weighted by Gasteiger charge is -2.41. The Balaban J connectivity index is 0.000000568. The third-order valence-electron chi connectivity index (χ3n) is 4.44. The van der Waals surface area contributed by atoms with Gasteiger partial charge in [-0.15, -0.1) is 0 Å². The van der Waals surface area contributed by atoms with E-state index in [9.17, 15) is 30.3 Å². The van der Waals surface area contributed by atoms with Crippen molar-refractivity contribution in [3.05, 3.63) is 0 Å². The summed E-state index contributed by atoms with van der Waals surface area (Å²) in [6.45, 7) is 1.01. The summed E-state index contributed by atoms with van der Waals surface area (Å²) >= 11 is 0. The molecular weight excluding hydrogens is 384 g/mol. The zero-order valence-electron chi connectivity index (χ0n) is 15.9. The summed E-state index contributed by atoms with van der Waals surface area (Å²) in [5, 5.41) is 57.6. The second-order valence-corrected chi connectivity index (χ2v) is 6.33. The monoisotopic (exact) mass is 414 g/mol. The van der Waals surface area contributed by atoms with Crippen LogP contribution in [0.1, 0.15) is 6.92 Å². The highest BCUT2D eigenvalue weighted by molar-refractivity contribution is 5.57. The molecule has 0 aromatic heterocycles. The van der Waals surface area contributed by atoms with E-state index in [1.807, 2.05) is 6.92 Å². The summed E-state index contributed by atoms with van der Waals surface area (Å²) in [7, 11) is 3.21. The van der Waals surface area contributed by atoms with Gasteiger partial charge in [0.05, 0.1) is 13.2 Å². The fourth-order valence-corrected chi connectivity index (χ4v) is 2.59. The predicted octanol–water partition coefficient (Wildman–Crippen LogP) is -3.88. The quantitative estimate of drug-likeness (QED) is 0.176. The molecule has 0 saturated carbocycles. The fraction of sp³-hybridized carbons (Fsp3) is 0.938. The lowest BCUT2D eigenvalue weighted by molar-refractivity contribution is -0.318. The molecule has 6 N–H and O–H groups in total. The van der Waals surface area contributed by atoms with Crippen LogP contribution >= 0.6 is 0 Å². The first kappa shape index (κ1) is 25.3. The maximum Gasteiger partial charge on any atom is 0.187 e. The van der Waals surface area contributed by atoms with Crippen molar-refractivity contribution in [2.75, 3.05) is 27.4 Å². The first-order chi connectivity index (χ1) is 13.2. The Morgan fingerprint density at radius 1 is 1.11 bits per heavy atom. The van der Waals surface area contributed by atoms with Crippen molar-refractivity contribution in [3.8, 4) is 0 Å². The molecule has 2 aliphatic heterocycles. The molecule has 12 heteroatoms. The molecule has 0 aromatic rings. The van der Waals surface area contributed by atoms with Gasteiger partial charge in [0.1, 0.15) is 48.8 Å². The van der Waals surface area contributed by atoms with Gasteiger partial charge in [-0.3, -0.25) is 0 Å². The molecule has 9 atom stereocenters. The molecule has 12 nitrogen and oxygen atoms in total. The van der Waals surface area contributed by atoms with Crippen LogP contribution in [0.25, 0.3) is 0 Å². The molecule has 0 spiro atoms. The van der Waals surface area contributed by atoms with Crippen LogP contribution in [0.3, 0.4) is 0 Å². The lowest BCUT2D eigenvalue weighted by atomic mass is 9.99. The predicted molar refractivity (Wildman–Crippen MR) is 89.9 cm³/mol. The number of hydrogen-bond donors (Lipinski definition) is 6. The van der Waals surface area contributed by atoms with Crippen LogP contribution < -0.4 is 0 Å². The molecule has 2 fully saturated rings. The van der Waals surface area contributed by atoms with Crippen molar-refractivity contribution in [2.45, 2.75) is 68.3 Å². The summed E-state index contributed by atoms with van der Waals surface area (Å²) in [4.78, 5) is 10.6. The number of methoxy groups -OCH3 is 2. The standard InChI is InChI=1S/C12H20O10.C4H10O2/c13-1-4(15)10-11(5(16)3-20-10)22-12-9(19)8(18)7(17)6(2-14)21-12;1-4(5-2)6-3/h1,4-12,14-19H,2-3H2;4H,1-3H3/t4-,5+,6+,7-,8-,9+,10+,11-,12?;/m0./s1. The van der Waals surface area contributed by atoms with Crippen LogP contribution in [-0.4, -0.2) is 126 Å². The number of aliphatic hydroxyl groups is 6. The van der Waals surface area contributed by atoms with Gasteiger partial charge < -0.3 is 59.1 Å². The molecule has 0 amide bonds. The van der Waals surface area contributed by atoms with E-state index in [1.54, 1.807) is 14.2 Å². The molecule has 0 bridgehead atoms. The first-order valence-corrected chi connectivity index (χ1v) is 8.66. The van der Waals surface area contributed by atoms with Gasteiger partial charge in [-0.1, -0.05) is 0 Å². The Morgan fingerprint density at radius 2 is 1.71 bits per heavy atom. The minimum absolute atomic E-state index is 0.0648. The van der Waals surface area contributed by atoms with Crippen LogP contribution in [0, 0.1) is 0 Å². The van der Waals surface area contributed by atoms with Crippen molar-refractivity contribution in [1.82, 2.24) is 0 Å². The van der Waals surface area contributed by atoms with Crippen molar-refractivity contribution >= 4 is 6.29 Å². The molecule has 2 saturated heterocycles. The Kier molecular flexibility index (Phi) is 10.9. The maximum atomic E-state index is 10.6. The van der Waals surface area contributed by atoms with E-state index < -0.39 is 61.7 Å². The molecule has 0 aliphatic carbocycles. The van der Waals surface area contributed by atoms with Gasteiger partial charge in [0.15, 0.2) is 18.9 Å². The van der Waals surface area contributed by atoms with E-state index in [-0.39, 0.29) is 19.2 Å². The van der Waals surface area contributed by atoms with Gasteiger partial charge in [-0.25, -0.2) is 0 Å². The molecular formula is C16H30O12. The van der Waals surface area contributed by atoms with Gasteiger partial charge >= 0.3 is 0 Å². The molecule has 2 aliphatic rings. The number of carbonyl (C=O) groups excluding carboxylic acids is 1. The molecule has 2 heterocycles. The second-order valence-electron chi connectivity index (χ2n) is 6.33. The van der Waals surface area contributed by atoms with E-state index in [2.05, 4.69) is 9.47 Å². The van der Waals surface area contributed by atoms with E-state index in [0.29, 0.717) is 0 Å². The summed E-state index contributed by atoms with van der Waals surface area (Å²) < 4.78 is 24.9. The number of carbonyl (C=O) groups is 1. The Labute approximate surface area is 162 Å². The Hall–Kier alpha value is -0.770. The van der Waals surface area contributed by atoms with Gasteiger partial charge in [0, 0.05) is 14.2 Å². The average molecular weight is 414 g/mol. The number of rotatable bonds is 7. The zero-order chi connectivity index (χ0) is 21.4. The van der Waals surface area contributed by atoms with Gasteiger partial charge in [-0.05, 0) is 6.92 Å². The van der Waals surface area contributed by atoms with Crippen LogP contribution in [-0.2, 0) is 28.5 Å². The van der Waals surface area contributed by atoms with Gasteiger partial charge in [-0.2, -0.15) is 0 Å². The first-order valence-electron chi connectivity index (χ1n) is 8.66. The highest BCUT2D eigenvalue weighted by Gasteiger charge is 2.49. The third-order valence-corrected chi connectivity index (χ3v) is 4.44. The number of ether oxygens (including phenoxy) is 5. The van der Waals surface area contributed by atoms with Crippen molar-refractivity contribution in [3.63, 3.8) is 0 Å². The topological polar surface area (TPSA) is 185 Å². The molecule has 1 unspecified atom stereocenters. The van der Waals surface area contributed by atoms with Crippen molar-refractivity contribution < 1.29 is 59.1 Å².